The van der Waals surface area contributed by atoms with E-state index in [0.717, 1.165) is 16.3 Å². The van der Waals surface area contributed by atoms with Crippen LogP contribution in [-0.4, -0.2) is 24.5 Å². The monoisotopic (exact) mass is 313 g/mol. The molecular weight excluding hydrogens is 298 g/mol. The molecule has 0 unspecified atom stereocenters. The Bertz CT molecular complexity index is 732. The Morgan fingerprint density at radius 3 is 2.86 bits per heavy atom. The molecule has 2 aromatic rings. The molecule has 1 aliphatic rings. The highest BCUT2D eigenvalue weighted by atomic mass is 32.1. The van der Waals surface area contributed by atoms with Crippen molar-refractivity contribution in [3.05, 3.63) is 59.4 Å². The van der Waals surface area contributed by atoms with Crippen LogP contribution in [0.3, 0.4) is 0 Å². The smallest absolute Gasteiger partial charge is 0.276 e. The minimum absolute atomic E-state index is 0.218. The van der Waals surface area contributed by atoms with E-state index in [2.05, 4.69) is 15.6 Å². The van der Waals surface area contributed by atoms with Gasteiger partial charge in [-0.1, -0.05) is 12.2 Å². The van der Waals surface area contributed by atoms with Gasteiger partial charge < -0.3 is 15.4 Å². The maximum Gasteiger partial charge on any atom is 0.276 e. The lowest BCUT2D eigenvalue weighted by molar-refractivity contribution is 0.0959. The molecule has 2 heterocycles. The van der Waals surface area contributed by atoms with Gasteiger partial charge in [-0.25, -0.2) is 4.98 Å². The van der Waals surface area contributed by atoms with Crippen LogP contribution in [-0.2, 0) is 0 Å². The summed E-state index contributed by atoms with van der Waals surface area (Å²) in [5.41, 5.74) is 1.37. The summed E-state index contributed by atoms with van der Waals surface area (Å²) in [5, 5.41) is 8.44. The van der Waals surface area contributed by atoms with Gasteiger partial charge in [0.25, 0.3) is 5.91 Å². The Hall–Kier alpha value is -2.60. The van der Waals surface area contributed by atoms with E-state index < -0.39 is 0 Å². The zero-order chi connectivity index (χ0) is 15.4. The van der Waals surface area contributed by atoms with E-state index >= 15 is 0 Å². The normalized spacial score (nSPS) is 13.2. The highest BCUT2D eigenvalue weighted by Gasteiger charge is 2.13. The van der Waals surface area contributed by atoms with Gasteiger partial charge in [-0.3, -0.25) is 4.79 Å². The fourth-order valence-electron chi connectivity index (χ4n) is 1.98. The van der Waals surface area contributed by atoms with E-state index in [0.29, 0.717) is 18.1 Å². The lowest BCUT2D eigenvalue weighted by Crippen LogP contribution is -2.32. The Labute approximate surface area is 132 Å². The molecule has 5 nitrogen and oxygen atoms in total. The lowest BCUT2D eigenvalue weighted by atomic mass is 10.2. The average Bonchev–Trinajstić information content (AvgIpc) is 3.06. The van der Waals surface area contributed by atoms with Crippen molar-refractivity contribution in [1.29, 1.82) is 0 Å². The van der Waals surface area contributed by atoms with Gasteiger partial charge >= 0.3 is 0 Å². The molecule has 0 saturated carbocycles. The number of nitrogens with one attached hydrogen (secondary N) is 2. The molecule has 3 rings (SSSR count). The van der Waals surface area contributed by atoms with Crippen LogP contribution in [0.2, 0.25) is 0 Å². The van der Waals surface area contributed by atoms with Gasteiger partial charge in [-0.05, 0) is 30.3 Å². The van der Waals surface area contributed by atoms with Crippen LogP contribution in [0.4, 0.5) is 0 Å². The zero-order valence-corrected chi connectivity index (χ0v) is 12.8. The van der Waals surface area contributed by atoms with Gasteiger partial charge in [-0.15, -0.1) is 11.3 Å². The molecule has 1 aliphatic heterocycles. The summed E-state index contributed by atoms with van der Waals surface area (Å²) in [5.74, 6) is 1.26. The zero-order valence-electron chi connectivity index (χ0n) is 12.0. The first-order valence-corrected chi connectivity index (χ1v) is 7.66. The molecule has 6 heteroatoms. The van der Waals surface area contributed by atoms with E-state index in [1.807, 2.05) is 42.5 Å². The maximum absolute atomic E-state index is 12.2. The highest BCUT2D eigenvalue weighted by molar-refractivity contribution is 7.13. The van der Waals surface area contributed by atoms with Crippen molar-refractivity contribution in [1.82, 2.24) is 15.6 Å². The van der Waals surface area contributed by atoms with Gasteiger partial charge in [0.15, 0.2) is 0 Å². The van der Waals surface area contributed by atoms with Gasteiger partial charge in [0.1, 0.15) is 22.3 Å². The predicted octanol–water partition coefficient (Wildman–Crippen LogP) is 2.55. The number of benzene rings is 1. The highest BCUT2D eigenvalue weighted by Crippen LogP contribution is 2.25. The number of amides is 1. The van der Waals surface area contributed by atoms with Crippen molar-refractivity contribution in [3.8, 4) is 16.3 Å². The molecule has 0 radical (unpaired) electrons. The average molecular weight is 313 g/mol. The van der Waals surface area contributed by atoms with E-state index in [1.54, 1.807) is 12.5 Å². The fourth-order valence-corrected chi connectivity index (χ4v) is 2.78. The van der Waals surface area contributed by atoms with E-state index in [4.69, 9.17) is 4.74 Å². The first-order chi connectivity index (χ1) is 10.8. The Kier molecular flexibility index (Phi) is 4.20. The van der Waals surface area contributed by atoms with Crippen molar-refractivity contribution in [2.75, 3.05) is 13.7 Å². The second-order valence-corrected chi connectivity index (χ2v) is 5.47. The maximum atomic E-state index is 12.2. The number of carbonyl (C=O) groups is 1. The third kappa shape index (κ3) is 3.17. The first-order valence-electron chi connectivity index (χ1n) is 6.78. The largest absolute Gasteiger partial charge is 0.497 e. The van der Waals surface area contributed by atoms with Crippen LogP contribution in [0, 0.1) is 0 Å². The third-order valence-electron chi connectivity index (χ3n) is 3.13. The molecule has 22 heavy (non-hydrogen) atoms. The minimum atomic E-state index is -0.218. The van der Waals surface area contributed by atoms with Gasteiger partial charge in [0, 0.05) is 17.5 Å². The van der Waals surface area contributed by atoms with Crippen LogP contribution in [0.5, 0.6) is 5.75 Å². The SMILES string of the molecule is COc1ccc(-c2nc(C(=O)NC3=CC=CCN3)cs2)cc1. The number of carbonyl (C=O) groups excluding carboxylic acids is 1. The lowest BCUT2D eigenvalue weighted by Gasteiger charge is -2.12. The first kappa shape index (κ1) is 14.3. The Morgan fingerprint density at radius 2 is 2.18 bits per heavy atom. The third-order valence-corrected chi connectivity index (χ3v) is 4.02. The number of ether oxygens (including phenoxy) is 1. The molecule has 0 fully saturated rings. The van der Waals surface area contributed by atoms with Crippen LogP contribution >= 0.6 is 11.3 Å². The summed E-state index contributed by atoms with van der Waals surface area (Å²) >= 11 is 1.44. The number of nitrogens with zero attached hydrogens (tertiary/aromatic N) is 1. The summed E-state index contributed by atoms with van der Waals surface area (Å²) in [4.78, 5) is 16.6. The summed E-state index contributed by atoms with van der Waals surface area (Å²) in [6.07, 6.45) is 5.69. The van der Waals surface area contributed by atoms with E-state index in [1.165, 1.54) is 11.3 Å². The molecule has 1 amide bonds. The Morgan fingerprint density at radius 1 is 1.36 bits per heavy atom. The number of methoxy groups -OCH3 is 1. The topological polar surface area (TPSA) is 63.2 Å². The van der Waals surface area contributed by atoms with E-state index in [9.17, 15) is 4.79 Å². The minimum Gasteiger partial charge on any atom is -0.497 e. The van der Waals surface area contributed by atoms with Crippen LogP contribution in [0.25, 0.3) is 10.6 Å². The van der Waals surface area contributed by atoms with Gasteiger partial charge in [0.2, 0.25) is 0 Å². The molecule has 0 bridgehead atoms. The summed E-state index contributed by atoms with van der Waals surface area (Å²) < 4.78 is 5.13. The van der Waals surface area contributed by atoms with Crippen LogP contribution in [0.15, 0.2) is 53.7 Å². The molecule has 0 aliphatic carbocycles. The fraction of sp³-hybridized carbons (Fsp3) is 0.125. The molecule has 2 N–H and O–H groups in total. The Balaban J connectivity index is 1.73. The molecular formula is C16H15N3O2S. The number of thiazole rings is 1. The van der Waals surface area contributed by atoms with Gasteiger partial charge in [-0.2, -0.15) is 0 Å². The standard InChI is InChI=1S/C16H15N3O2S/c1-21-12-7-5-11(6-8-12)16-18-13(10-22-16)15(20)19-14-4-2-3-9-17-14/h2-8,10,17H,9H2,1H3,(H,19,20). The van der Waals surface area contributed by atoms with Crippen LogP contribution < -0.4 is 15.4 Å². The van der Waals surface area contributed by atoms with Crippen molar-refractivity contribution >= 4 is 17.2 Å². The predicted molar refractivity (Wildman–Crippen MR) is 86.8 cm³/mol. The van der Waals surface area contributed by atoms with Crippen molar-refractivity contribution in [3.63, 3.8) is 0 Å². The number of hydrogen-bond acceptors (Lipinski definition) is 5. The van der Waals surface area contributed by atoms with Crippen molar-refractivity contribution in [2.24, 2.45) is 0 Å². The number of allylic oxidation sites excluding steroid dienone is 2. The molecule has 112 valence electrons. The number of dihydropyridines is 1. The molecule has 0 saturated heterocycles. The van der Waals surface area contributed by atoms with Gasteiger partial charge in [0.05, 0.1) is 7.11 Å². The van der Waals surface area contributed by atoms with E-state index in [-0.39, 0.29) is 5.91 Å². The molecule has 0 spiro atoms. The summed E-state index contributed by atoms with van der Waals surface area (Å²) in [7, 11) is 1.63. The summed E-state index contributed by atoms with van der Waals surface area (Å²) in [6.45, 7) is 0.709. The number of hydrogen-bond donors (Lipinski definition) is 2. The second kappa shape index (κ2) is 6.44. The van der Waals surface area contributed by atoms with Crippen molar-refractivity contribution < 1.29 is 9.53 Å². The second-order valence-electron chi connectivity index (χ2n) is 4.61. The number of aromatic nitrogens is 1. The molecule has 1 aromatic heterocycles. The number of rotatable bonds is 4. The molecule has 1 aromatic carbocycles. The molecule has 0 atom stereocenters. The van der Waals surface area contributed by atoms with Crippen LogP contribution in [0.1, 0.15) is 10.5 Å². The van der Waals surface area contributed by atoms with Crippen molar-refractivity contribution in [2.45, 2.75) is 0 Å². The summed E-state index contributed by atoms with van der Waals surface area (Å²) in [6, 6.07) is 7.60. The quantitative estimate of drug-likeness (QED) is 0.910.